The molecule has 1 fully saturated rings. The second-order valence-corrected chi connectivity index (χ2v) is 8.80. The first-order chi connectivity index (χ1) is 13.5. The van der Waals surface area contributed by atoms with Crippen molar-refractivity contribution in [2.24, 2.45) is 4.99 Å². The van der Waals surface area contributed by atoms with E-state index >= 15 is 0 Å². The lowest BCUT2D eigenvalue weighted by molar-refractivity contribution is -0.0494. The lowest BCUT2D eigenvalue weighted by Gasteiger charge is -2.32. The molecule has 0 unspecified atom stereocenters. The van der Waals surface area contributed by atoms with E-state index in [1.807, 2.05) is 0 Å². The molecule has 7 nitrogen and oxygen atoms in total. The fourth-order valence-corrected chi connectivity index (χ4v) is 3.97. The number of guanidine groups is 1. The predicted octanol–water partition coefficient (Wildman–Crippen LogP) is 1.87. The molecular weight excluding hydrogens is 414 g/mol. The van der Waals surface area contributed by atoms with Gasteiger partial charge in [0, 0.05) is 46.8 Å². The van der Waals surface area contributed by atoms with Crippen molar-refractivity contribution in [2.75, 3.05) is 39.1 Å². The topological polar surface area (TPSA) is 77.0 Å². The van der Waals surface area contributed by atoms with Crippen molar-refractivity contribution in [1.29, 1.82) is 0 Å². The van der Waals surface area contributed by atoms with Crippen LogP contribution < -0.4 is 15.5 Å². The third-order valence-electron chi connectivity index (χ3n) is 4.60. The summed E-state index contributed by atoms with van der Waals surface area (Å²) in [6.07, 6.45) is 0.421. The van der Waals surface area contributed by atoms with Gasteiger partial charge in [0.15, 0.2) is 5.96 Å². The van der Waals surface area contributed by atoms with Crippen LogP contribution in [0.1, 0.15) is 18.4 Å². The van der Waals surface area contributed by atoms with Crippen LogP contribution in [0.2, 0.25) is 0 Å². The monoisotopic (exact) mass is 439 g/mol. The van der Waals surface area contributed by atoms with Gasteiger partial charge in [0.05, 0.1) is 5.69 Å². The van der Waals surface area contributed by atoms with E-state index in [1.54, 1.807) is 31.1 Å². The molecule has 12 heteroatoms. The molecule has 0 aromatic heterocycles. The Morgan fingerprint density at radius 1 is 1.28 bits per heavy atom. The van der Waals surface area contributed by atoms with Crippen LogP contribution in [0.25, 0.3) is 0 Å². The Morgan fingerprint density at radius 2 is 1.90 bits per heavy atom. The van der Waals surface area contributed by atoms with E-state index in [2.05, 4.69) is 15.6 Å². The van der Waals surface area contributed by atoms with Crippen molar-refractivity contribution in [3.8, 4) is 0 Å². The van der Waals surface area contributed by atoms with E-state index in [9.17, 15) is 26.0 Å². The predicted molar refractivity (Wildman–Crippen MR) is 104 cm³/mol. The highest BCUT2D eigenvalue weighted by molar-refractivity contribution is 7.90. The molecular formula is C17H25F4N5O2S. The van der Waals surface area contributed by atoms with Crippen LogP contribution in [0.5, 0.6) is 0 Å². The number of benzene rings is 1. The second-order valence-electron chi connectivity index (χ2n) is 6.87. The van der Waals surface area contributed by atoms with Gasteiger partial charge in [0.2, 0.25) is 0 Å². The zero-order valence-corrected chi connectivity index (χ0v) is 17.2. The summed E-state index contributed by atoms with van der Waals surface area (Å²) in [7, 11) is -0.273. The molecule has 0 saturated carbocycles. The number of anilines is 1. The minimum atomic E-state index is -5.30. The fraction of sp³-hybridized carbons (Fsp3) is 0.588. The number of rotatable bonds is 5. The third kappa shape index (κ3) is 5.72. The van der Waals surface area contributed by atoms with Gasteiger partial charge in [-0.15, -0.1) is 0 Å². The van der Waals surface area contributed by atoms with Gasteiger partial charge in [-0.05, 0) is 30.5 Å². The van der Waals surface area contributed by atoms with Gasteiger partial charge < -0.3 is 15.5 Å². The molecule has 1 heterocycles. The number of sulfonamides is 1. The lowest BCUT2D eigenvalue weighted by Crippen LogP contribution is -2.51. The van der Waals surface area contributed by atoms with E-state index in [1.165, 1.54) is 13.1 Å². The first-order valence-corrected chi connectivity index (χ1v) is 10.4. The highest BCUT2D eigenvalue weighted by atomic mass is 32.2. The van der Waals surface area contributed by atoms with E-state index in [0.29, 0.717) is 28.1 Å². The van der Waals surface area contributed by atoms with Crippen molar-refractivity contribution in [3.05, 3.63) is 29.6 Å². The number of piperidine rings is 1. The summed E-state index contributed by atoms with van der Waals surface area (Å²) >= 11 is 0. The number of halogens is 4. The average Bonchev–Trinajstić information content (AvgIpc) is 2.64. The average molecular weight is 439 g/mol. The van der Waals surface area contributed by atoms with Gasteiger partial charge >= 0.3 is 15.5 Å². The molecule has 0 aliphatic carbocycles. The highest BCUT2D eigenvalue weighted by Gasteiger charge is 2.50. The van der Waals surface area contributed by atoms with Gasteiger partial charge in [-0.1, -0.05) is 6.07 Å². The number of alkyl halides is 3. The summed E-state index contributed by atoms with van der Waals surface area (Å²) < 4.78 is 75.3. The molecule has 1 aliphatic rings. The fourth-order valence-electron chi connectivity index (χ4n) is 2.98. The smallest absolute Gasteiger partial charge is 0.375 e. The number of hydrogen-bond donors (Lipinski definition) is 2. The Bertz CT molecular complexity index is 835. The quantitative estimate of drug-likeness (QED) is 0.416. The largest absolute Gasteiger partial charge is 0.511 e. The van der Waals surface area contributed by atoms with Gasteiger partial charge in [-0.2, -0.15) is 17.5 Å². The zero-order chi connectivity index (χ0) is 21.8. The molecule has 0 atom stereocenters. The SMILES string of the molecule is CN=C(NCc1ccc(N(C)C)c(F)c1)NC1CCN(S(=O)(=O)C(F)(F)F)CC1. The van der Waals surface area contributed by atoms with Crippen LogP contribution in [0.15, 0.2) is 23.2 Å². The maximum absolute atomic E-state index is 14.0. The molecule has 0 spiro atoms. The molecule has 1 saturated heterocycles. The molecule has 0 radical (unpaired) electrons. The summed E-state index contributed by atoms with van der Waals surface area (Å²) in [5, 5.41) is 6.09. The Labute approximate surface area is 167 Å². The summed E-state index contributed by atoms with van der Waals surface area (Å²) in [4.78, 5) is 5.72. The molecule has 2 rings (SSSR count). The van der Waals surface area contributed by atoms with Crippen LogP contribution >= 0.6 is 0 Å². The Hall–Kier alpha value is -2.08. The molecule has 1 aromatic rings. The minimum absolute atomic E-state index is 0.210. The third-order valence-corrected chi connectivity index (χ3v) is 6.23. The van der Waals surface area contributed by atoms with Crippen LogP contribution in [-0.4, -0.2) is 64.5 Å². The number of nitrogens with zero attached hydrogens (tertiary/aromatic N) is 3. The number of aliphatic imine (C=N–C) groups is 1. The van der Waals surface area contributed by atoms with Gasteiger partial charge in [0.1, 0.15) is 5.82 Å². The Morgan fingerprint density at radius 3 is 2.38 bits per heavy atom. The van der Waals surface area contributed by atoms with Crippen LogP contribution in [0.4, 0.5) is 23.2 Å². The lowest BCUT2D eigenvalue weighted by atomic mass is 10.1. The first kappa shape index (κ1) is 23.2. The summed E-state index contributed by atoms with van der Waals surface area (Å²) in [5.41, 5.74) is -4.12. The second kappa shape index (κ2) is 9.16. The van der Waals surface area contributed by atoms with Crippen molar-refractivity contribution >= 4 is 21.7 Å². The summed E-state index contributed by atoms with van der Waals surface area (Å²) in [5.74, 6) is 0.0507. The minimum Gasteiger partial charge on any atom is -0.375 e. The molecule has 2 N–H and O–H groups in total. The molecule has 164 valence electrons. The Kier molecular flexibility index (Phi) is 7.33. The number of hydrogen-bond acceptors (Lipinski definition) is 4. The van der Waals surface area contributed by atoms with E-state index in [-0.39, 0.29) is 37.8 Å². The van der Waals surface area contributed by atoms with Crippen LogP contribution in [-0.2, 0) is 16.6 Å². The standard InChI is InChI=1S/C17H25F4N5O2S/c1-22-16(23-11-12-4-5-15(25(2)3)14(18)10-12)24-13-6-8-26(9-7-13)29(27,28)17(19,20)21/h4-5,10,13H,6-9,11H2,1-3H3,(H2,22,23,24). The Balaban J connectivity index is 1.88. The van der Waals surface area contributed by atoms with Gasteiger partial charge in [0.25, 0.3) is 0 Å². The maximum Gasteiger partial charge on any atom is 0.511 e. The van der Waals surface area contributed by atoms with Crippen molar-refractivity contribution in [3.63, 3.8) is 0 Å². The van der Waals surface area contributed by atoms with Gasteiger partial charge in [-0.25, -0.2) is 12.8 Å². The van der Waals surface area contributed by atoms with Crippen molar-refractivity contribution in [1.82, 2.24) is 14.9 Å². The van der Waals surface area contributed by atoms with Crippen LogP contribution in [0.3, 0.4) is 0 Å². The van der Waals surface area contributed by atoms with Gasteiger partial charge in [-0.3, -0.25) is 4.99 Å². The maximum atomic E-state index is 14.0. The van der Waals surface area contributed by atoms with Crippen LogP contribution in [0, 0.1) is 5.82 Å². The highest BCUT2D eigenvalue weighted by Crippen LogP contribution is 2.29. The van der Waals surface area contributed by atoms with Crippen molar-refractivity contribution < 1.29 is 26.0 Å². The van der Waals surface area contributed by atoms with Crippen molar-refractivity contribution in [2.45, 2.75) is 30.9 Å². The molecule has 1 aromatic carbocycles. The molecule has 0 bridgehead atoms. The first-order valence-electron chi connectivity index (χ1n) is 8.95. The molecule has 0 amide bonds. The summed E-state index contributed by atoms with van der Waals surface area (Å²) in [6, 6.07) is 4.63. The van der Waals surface area contributed by atoms with E-state index in [4.69, 9.17) is 0 Å². The van der Waals surface area contributed by atoms with E-state index < -0.39 is 15.5 Å². The molecule has 1 aliphatic heterocycles. The zero-order valence-electron chi connectivity index (χ0n) is 16.4. The number of nitrogens with one attached hydrogen (secondary N) is 2. The summed E-state index contributed by atoms with van der Waals surface area (Å²) in [6.45, 7) is -0.160. The van der Waals surface area contributed by atoms with E-state index in [0.717, 1.165) is 0 Å². The molecule has 29 heavy (non-hydrogen) atoms. The normalized spacial score (nSPS) is 17.3.